The number of rotatable bonds is 5. The molecule has 31 heavy (non-hydrogen) atoms. The van der Waals surface area contributed by atoms with Crippen LogP contribution in [-0.4, -0.2) is 26.0 Å². The van der Waals surface area contributed by atoms with Crippen LogP contribution in [0.15, 0.2) is 59.6 Å². The number of thioether (sulfide) groups is 1. The van der Waals surface area contributed by atoms with Gasteiger partial charge in [0.1, 0.15) is 28.2 Å². The molecule has 0 aliphatic heterocycles. The SMILES string of the molecule is CSc1nn(-c2cc(Oc3ccc(Cl)cc3C)nc(-c3ccccc3)n2)c(N)c1C#N. The predicted octanol–water partition coefficient (Wildman–Crippen LogP) is 5.26. The van der Waals surface area contributed by atoms with Crippen LogP contribution in [0.25, 0.3) is 17.2 Å². The molecule has 0 fully saturated rings. The summed E-state index contributed by atoms with van der Waals surface area (Å²) in [6.07, 6.45) is 1.83. The molecule has 2 N–H and O–H groups in total. The third-order valence-electron chi connectivity index (χ3n) is 4.48. The molecule has 154 valence electrons. The van der Waals surface area contributed by atoms with Crippen LogP contribution in [-0.2, 0) is 0 Å². The van der Waals surface area contributed by atoms with E-state index in [1.807, 2.05) is 49.6 Å². The van der Waals surface area contributed by atoms with Crippen LogP contribution in [0.2, 0.25) is 5.02 Å². The Morgan fingerprint density at radius 1 is 1.13 bits per heavy atom. The maximum atomic E-state index is 9.46. The highest BCUT2D eigenvalue weighted by atomic mass is 35.5. The van der Waals surface area contributed by atoms with Crippen molar-refractivity contribution < 1.29 is 4.74 Å². The molecule has 0 unspecified atom stereocenters. The van der Waals surface area contributed by atoms with Crippen LogP contribution in [0, 0.1) is 18.3 Å². The van der Waals surface area contributed by atoms with Crippen molar-refractivity contribution in [2.24, 2.45) is 0 Å². The first-order valence-corrected chi connectivity index (χ1v) is 10.8. The van der Waals surface area contributed by atoms with E-state index in [1.165, 1.54) is 16.4 Å². The molecule has 0 saturated carbocycles. The molecular formula is C22H17ClN6OS. The number of nitriles is 1. The third kappa shape index (κ3) is 4.19. The molecule has 9 heteroatoms. The van der Waals surface area contributed by atoms with Gasteiger partial charge in [-0.05, 0) is 36.9 Å². The van der Waals surface area contributed by atoms with E-state index in [0.717, 1.165) is 11.1 Å². The Morgan fingerprint density at radius 2 is 1.90 bits per heavy atom. The smallest absolute Gasteiger partial charge is 0.225 e. The fraction of sp³-hybridized carbons (Fsp3) is 0.0909. The van der Waals surface area contributed by atoms with Gasteiger partial charge < -0.3 is 10.5 Å². The van der Waals surface area contributed by atoms with Gasteiger partial charge in [0.25, 0.3) is 0 Å². The van der Waals surface area contributed by atoms with Crippen molar-refractivity contribution in [2.45, 2.75) is 11.9 Å². The summed E-state index contributed by atoms with van der Waals surface area (Å²) in [5, 5.41) is 15.1. The van der Waals surface area contributed by atoms with Crippen LogP contribution in [0.3, 0.4) is 0 Å². The second-order valence-corrected chi connectivity index (χ2v) is 7.79. The average Bonchev–Trinajstić information content (AvgIpc) is 3.11. The van der Waals surface area contributed by atoms with Crippen molar-refractivity contribution in [1.29, 1.82) is 5.26 Å². The number of aryl methyl sites for hydroxylation is 1. The van der Waals surface area contributed by atoms with Gasteiger partial charge in [-0.2, -0.15) is 20.0 Å². The summed E-state index contributed by atoms with van der Waals surface area (Å²) < 4.78 is 7.49. The second kappa shape index (κ2) is 8.68. The fourth-order valence-corrected chi connectivity index (χ4v) is 3.71. The predicted molar refractivity (Wildman–Crippen MR) is 122 cm³/mol. The molecule has 2 heterocycles. The minimum atomic E-state index is 0.207. The number of anilines is 1. The number of hydrogen-bond acceptors (Lipinski definition) is 7. The van der Waals surface area contributed by atoms with Crippen molar-refractivity contribution in [2.75, 3.05) is 12.0 Å². The maximum Gasteiger partial charge on any atom is 0.225 e. The molecule has 4 aromatic rings. The molecule has 0 aliphatic rings. The summed E-state index contributed by atoms with van der Waals surface area (Å²) in [6, 6.07) is 18.6. The lowest BCUT2D eigenvalue weighted by Crippen LogP contribution is -2.07. The summed E-state index contributed by atoms with van der Waals surface area (Å²) in [7, 11) is 0. The lowest BCUT2D eigenvalue weighted by atomic mass is 10.2. The molecule has 0 radical (unpaired) electrons. The number of aromatic nitrogens is 4. The van der Waals surface area contributed by atoms with Crippen LogP contribution in [0.4, 0.5) is 5.82 Å². The van der Waals surface area contributed by atoms with Gasteiger partial charge in [-0.15, -0.1) is 11.8 Å². The number of nitrogen functional groups attached to an aromatic ring is 1. The van der Waals surface area contributed by atoms with Crippen LogP contribution in [0.5, 0.6) is 11.6 Å². The first-order valence-electron chi connectivity index (χ1n) is 9.21. The zero-order valence-corrected chi connectivity index (χ0v) is 18.3. The number of ether oxygens (including phenoxy) is 1. The molecule has 7 nitrogen and oxygen atoms in total. The average molecular weight is 449 g/mol. The molecule has 0 saturated heterocycles. The number of nitrogens with zero attached hydrogens (tertiary/aromatic N) is 5. The van der Waals surface area contributed by atoms with E-state index in [0.29, 0.717) is 38.9 Å². The Balaban J connectivity index is 1.87. The second-order valence-electron chi connectivity index (χ2n) is 6.56. The highest BCUT2D eigenvalue weighted by Crippen LogP contribution is 2.31. The first kappa shape index (κ1) is 20.7. The van der Waals surface area contributed by atoms with Crippen molar-refractivity contribution >= 4 is 29.2 Å². The number of nitrogens with two attached hydrogens (primary N) is 1. The highest BCUT2D eigenvalue weighted by Gasteiger charge is 2.19. The van der Waals surface area contributed by atoms with E-state index in [4.69, 9.17) is 22.1 Å². The summed E-state index contributed by atoms with van der Waals surface area (Å²) in [5.74, 6) is 1.97. The first-order chi connectivity index (χ1) is 15.0. The Morgan fingerprint density at radius 3 is 2.55 bits per heavy atom. The van der Waals surface area contributed by atoms with E-state index in [2.05, 4.69) is 21.1 Å². The fourth-order valence-electron chi connectivity index (χ4n) is 2.96. The van der Waals surface area contributed by atoms with Crippen molar-refractivity contribution in [3.05, 3.63) is 70.7 Å². The maximum absolute atomic E-state index is 9.46. The Labute approximate surface area is 188 Å². The van der Waals surface area contributed by atoms with Crippen LogP contribution < -0.4 is 10.5 Å². The van der Waals surface area contributed by atoms with Crippen molar-refractivity contribution in [3.63, 3.8) is 0 Å². The zero-order chi connectivity index (χ0) is 22.0. The van der Waals surface area contributed by atoms with Gasteiger partial charge in [0.05, 0.1) is 0 Å². The lowest BCUT2D eigenvalue weighted by molar-refractivity contribution is 0.458. The molecule has 0 amide bonds. The summed E-state index contributed by atoms with van der Waals surface area (Å²) in [5.41, 5.74) is 8.18. The van der Waals surface area contributed by atoms with E-state index in [-0.39, 0.29) is 5.82 Å². The third-order valence-corrected chi connectivity index (χ3v) is 5.39. The molecular weight excluding hydrogens is 432 g/mol. The molecule has 2 aromatic carbocycles. The Bertz CT molecular complexity index is 1300. The van der Waals surface area contributed by atoms with Gasteiger partial charge in [0.15, 0.2) is 11.6 Å². The molecule has 0 aliphatic carbocycles. The minimum absolute atomic E-state index is 0.207. The van der Waals surface area contributed by atoms with Crippen LogP contribution in [0.1, 0.15) is 11.1 Å². The Hall–Kier alpha value is -3.54. The number of hydrogen-bond donors (Lipinski definition) is 1. The van der Waals surface area contributed by atoms with Crippen LogP contribution >= 0.6 is 23.4 Å². The minimum Gasteiger partial charge on any atom is -0.439 e. The molecule has 0 spiro atoms. The van der Waals surface area contributed by atoms with E-state index in [1.54, 1.807) is 18.2 Å². The normalized spacial score (nSPS) is 10.6. The van der Waals surface area contributed by atoms with E-state index in [9.17, 15) is 5.26 Å². The largest absolute Gasteiger partial charge is 0.439 e. The molecule has 4 rings (SSSR count). The summed E-state index contributed by atoms with van der Waals surface area (Å²) in [6.45, 7) is 1.90. The standard InChI is InChI=1S/C22H17ClN6OS/c1-13-10-15(23)8-9-17(13)30-19-11-18(26-21(27-19)14-6-4-3-5-7-14)29-20(25)16(12-24)22(28-29)31-2/h3-11H,25H2,1-2H3. The van der Waals surface area contributed by atoms with Crippen molar-refractivity contribution in [3.8, 4) is 34.9 Å². The Kier molecular flexibility index (Phi) is 5.80. The molecule has 0 bridgehead atoms. The highest BCUT2D eigenvalue weighted by molar-refractivity contribution is 7.98. The van der Waals surface area contributed by atoms with Gasteiger partial charge in [0.2, 0.25) is 5.88 Å². The lowest BCUT2D eigenvalue weighted by Gasteiger charge is -2.12. The van der Waals surface area contributed by atoms with E-state index >= 15 is 0 Å². The number of halogens is 1. The molecule has 2 aromatic heterocycles. The monoisotopic (exact) mass is 448 g/mol. The zero-order valence-electron chi connectivity index (χ0n) is 16.7. The summed E-state index contributed by atoms with van der Waals surface area (Å²) in [4.78, 5) is 9.19. The van der Waals surface area contributed by atoms with Crippen molar-refractivity contribution in [1.82, 2.24) is 19.7 Å². The summed E-state index contributed by atoms with van der Waals surface area (Å²) >= 11 is 7.40. The van der Waals surface area contributed by atoms with Gasteiger partial charge in [0, 0.05) is 16.7 Å². The van der Waals surface area contributed by atoms with Gasteiger partial charge in [-0.25, -0.2) is 4.98 Å². The van der Waals surface area contributed by atoms with Gasteiger partial charge in [-0.1, -0.05) is 41.9 Å². The number of benzene rings is 2. The quantitative estimate of drug-likeness (QED) is 0.415. The van der Waals surface area contributed by atoms with E-state index < -0.39 is 0 Å². The van der Waals surface area contributed by atoms with Gasteiger partial charge in [-0.3, -0.25) is 0 Å². The topological polar surface area (TPSA) is 103 Å². The molecule has 0 atom stereocenters. The van der Waals surface area contributed by atoms with Gasteiger partial charge >= 0.3 is 0 Å².